The van der Waals surface area contributed by atoms with Crippen LogP contribution in [0.15, 0.2) is 23.8 Å². The highest BCUT2D eigenvalue weighted by Crippen LogP contribution is 2.47. The number of aliphatic hydroxyl groups excluding tert-OH is 1. The molecule has 2 fully saturated rings. The molecule has 3 aliphatic rings. The number of rotatable bonds is 0. The van der Waals surface area contributed by atoms with Crippen LogP contribution in [0.2, 0.25) is 0 Å². The van der Waals surface area contributed by atoms with Gasteiger partial charge in [-0.05, 0) is 58.3 Å². The zero-order valence-electron chi connectivity index (χ0n) is 15.1. The molecule has 1 aliphatic carbocycles. The first-order valence-electron chi connectivity index (χ1n) is 9.23. The van der Waals surface area contributed by atoms with Gasteiger partial charge in [-0.25, -0.2) is 4.79 Å². The number of ether oxygens (including phenoxy) is 2. The normalized spacial score (nSPS) is 46.2. The fourth-order valence-corrected chi connectivity index (χ4v) is 4.16. The minimum atomic E-state index is -0.643. The summed E-state index contributed by atoms with van der Waals surface area (Å²) >= 11 is 0. The molecular formula is C20H30O4. The highest BCUT2D eigenvalue weighted by Gasteiger charge is 2.55. The van der Waals surface area contributed by atoms with Gasteiger partial charge in [0.05, 0.1) is 17.8 Å². The molecule has 0 amide bonds. The Morgan fingerprint density at radius 1 is 1.42 bits per heavy atom. The van der Waals surface area contributed by atoms with Gasteiger partial charge in [0, 0.05) is 11.5 Å². The molecule has 0 radical (unpaired) electrons. The molecule has 24 heavy (non-hydrogen) atoms. The molecule has 2 aliphatic heterocycles. The van der Waals surface area contributed by atoms with Gasteiger partial charge in [0.1, 0.15) is 6.10 Å². The van der Waals surface area contributed by atoms with Crippen molar-refractivity contribution in [1.29, 1.82) is 0 Å². The molecule has 6 atom stereocenters. The summed E-state index contributed by atoms with van der Waals surface area (Å²) in [5, 5.41) is 10.7. The molecule has 0 spiro atoms. The van der Waals surface area contributed by atoms with E-state index in [1.807, 2.05) is 6.92 Å². The summed E-state index contributed by atoms with van der Waals surface area (Å²) in [5.74, 6) is -0.402. The van der Waals surface area contributed by atoms with Crippen molar-refractivity contribution >= 4 is 5.97 Å². The minimum Gasteiger partial charge on any atom is -0.456 e. The van der Waals surface area contributed by atoms with Gasteiger partial charge < -0.3 is 14.6 Å². The summed E-state index contributed by atoms with van der Waals surface area (Å²) < 4.78 is 11.4. The molecule has 0 saturated carbocycles. The molecule has 0 bridgehead atoms. The molecular weight excluding hydrogens is 304 g/mol. The first kappa shape index (κ1) is 17.7. The summed E-state index contributed by atoms with van der Waals surface area (Å²) in [6, 6.07) is 0. The number of carbonyl (C=O) groups is 1. The van der Waals surface area contributed by atoms with E-state index in [1.165, 1.54) is 5.57 Å². The van der Waals surface area contributed by atoms with Crippen LogP contribution in [0.25, 0.3) is 0 Å². The lowest BCUT2D eigenvalue weighted by atomic mass is 9.82. The van der Waals surface area contributed by atoms with Gasteiger partial charge >= 0.3 is 5.97 Å². The van der Waals surface area contributed by atoms with E-state index in [1.54, 1.807) is 0 Å². The van der Waals surface area contributed by atoms with Gasteiger partial charge in [-0.15, -0.1) is 0 Å². The average Bonchev–Trinajstić information content (AvgIpc) is 3.08. The molecule has 4 heteroatoms. The van der Waals surface area contributed by atoms with E-state index in [9.17, 15) is 9.90 Å². The maximum absolute atomic E-state index is 12.0. The highest BCUT2D eigenvalue weighted by molar-refractivity contribution is 5.90. The summed E-state index contributed by atoms with van der Waals surface area (Å²) in [4.78, 5) is 12.0. The van der Waals surface area contributed by atoms with Gasteiger partial charge in [0.15, 0.2) is 0 Å². The van der Waals surface area contributed by atoms with Gasteiger partial charge in [-0.1, -0.05) is 25.2 Å². The third-order valence-corrected chi connectivity index (χ3v) is 6.14. The maximum atomic E-state index is 12.0. The smallest absolute Gasteiger partial charge is 0.334 e. The Balaban J connectivity index is 1.79. The zero-order chi connectivity index (χ0) is 17.5. The maximum Gasteiger partial charge on any atom is 0.334 e. The van der Waals surface area contributed by atoms with Crippen LogP contribution in [0.4, 0.5) is 0 Å². The molecule has 0 aromatic heterocycles. The number of epoxide rings is 1. The van der Waals surface area contributed by atoms with Crippen LogP contribution < -0.4 is 0 Å². The minimum absolute atomic E-state index is 0.0958. The lowest BCUT2D eigenvalue weighted by Crippen LogP contribution is -2.37. The topological polar surface area (TPSA) is 59.1 Å². The second kappa shape index (κ2) is 6.64. The number of esters is 1. The largest absolute Gasteiger partial charge is 0.456 e. The van der Waals surface area contributed by atoms with Crippen molar-refractivity contribution < 1.29 is 19.4 Å². The molecule has 0 aromatic rings. The molecule has 2 saturated heterocycles. The van der Waals surface area contributed by atoms with Crippen molar-refractivity contribution in [3.63, 3.8) is 0 Å². The Kier molecular flexibility index (Phi) is 4.89. The van der Waals surface area contributed by atoms with Gasteiger partial charge in [-0.3, -0.25) is 0 Å². The standard InChI is InChI=1S/C20H30O4/c1-12-7-5-9-13(2)17(21)18-15(14(3)19(22)23-18)11-16-20(4,24-16)10-6-8-12/h8,13,15-18,21H,3,5-7,9-11H2,1-2,4H3/b12-8+/t13-,15+,16-,17+,18-,20-/m1/s1. The van der Waals surface area contributed by atoms with Crippen molar-refractivity contribution in [1.82, 2.24) is 0 Å². The fraction of sp³-hybridized carbons (Fsp3) is 0.750. The molecule has 134 valence electrons. The predicted octanol–water partition coefficient (Wildman–Crippen LogP) is 3.54. The molecule has 0 unspecified atom stereocenters. The van der Waals surface area contributed by atoms with Crippen molar-refractivity contribution in [3.8, 4) is 0 Å². The first-order chi connectivity index (χ1) is 11.3. The van der Waals surface area contributed by atoms with Crippen LogP contribution in [-0.4, -0.2) is 35.0 Å². The van der Waals surface area contributed by atoms with Crippen LogP contribution >= 0.6 is 0 Å². The van der Waals surface area contributed by atoms with Gasteiger partial charge in [0.2, 0.25) is 0 Å². The van der Waals surface area contributed by atoms with E-state index in [-0.39, 0.29) is 29.5 Å². The molecule has 2 heterocycles. The van der Waals surface area contributed by atoms with Crippen molar-refractivity contribution in [2.45, 2.75) is 83.2 Å². The number of carbonyl (C=O) groups excluding carboxylic acids is 1. The Morgan fingerprint density at radius 2 is 2.17 bits per heavy atom. The third-order valence-electron chi connectivity index (χ3n) is 6.14. The summed E-state index contributed by atoms with van der Waals surface area (Å²) in [7, 11) is 0. The van der Waals surface area contributed by atoms with Crippen LogP contribution in [0.5, 0.6) is 0 Å². The second-order valence-corrected chi connectivity index (χ2v) is 8.11. The van der Waals surface area contributed by atoms with Gasteiger partial charge in [0.25, 0.3) is 0 Å². The third kappa shape index (κ3) is 3.45. The highest BCUT2D eigenvalue weighted by atomic mass is 16.6. The van der Waals surface area contributed by atoms with Crippen molar-refractivity contribution in [3.05, 3.63) is 23.8 Å². The van der Waals surface area contributed by atoms with E-state index < -0.39 is 12.2 Å². The zero-order valence-corrected chi connectivity index (χ0v) is 15.1. The van der Waals surface area contributed by atoms with Crippen LogP contribution in [0.1, 0.15) is 59.3 Å². The number of hydrogen-bond acceptors (Lipinski definition) is 4. The second-order valence-electron chi connectivity index (χ2n) is 8.11. The van der Waals surface area contributed by atoms with E-state index in [0.717, 1.165) is 32.1 Å². The summed E-state index contributed by atoms with van der Waals surface area (Å²) in [6.07, 6.45) is 7.07. The Bertz CT molecular complexity index is 552. The van der Waals surface area contributed by atoms with Crippen LogP contribution in [-0.2, 0) is 14.3 Å². The average molecular weight is 334 g/mol. The summed E-state index contributed by atoms with van der Waals surface area (Å²) in [5.41, 5.74) is 1.79. The van der Waals surface area contributed by atoms with E-state index in [4.69, 9.17) is 9.47 Å². The van der Waals surface area contributed by atoms with E-state index in [2.05, 4.69) is 26.5 Å². The predicted molar refractivity (Wildman–Crippen MR) is 92.4 cm³/mol. The lowest BCUT2D eigenvalue weighted by Gasteiger charge is -2.27. The number of fused-ring (bicyclic) bond motifs is 2. The lowest BCUT2D eigenvalue weighted by molar-refractivity contribution is -0.146. The van der Waals surface area contributed by atoms with E-state index in [0.29, 0.717) is 12.0 Å². The van der Waals surface area contributed by atoms with Crippen LogP contribution in [0, 0.1) is 11.8 Å². The first-order valence-corrected chi connectivity index (χ1v) is 9.23. The Labute approximate surface area is 144 Å². The van der Waals surface area contributed by atoms with Crippen molar-refractivity contribution in [2.24, 2.45) is 11.8 Å². The molecule has 0 aromatic carbocycles. The summed E-state index contributed by atoms with van der Waals surface area (Å²) in [6.45, 7) is 10.3. The van der Waals surface area contributed by atoms with E-state index >= 15 is 0 Å². The number of allylic oxidation sites excluding steroid dienone is 2. The fourth-order valence-electron chi connectivity index (χ4n) is 4.16. The quantitative estimate of drug-likeness (QED) is 0.319. The van der Waals surface area contributed by atoms with Gasteiger partial charge in [-0.2, -0.15) is 0 Å². The Hall–Kier alpha value is -1.13. The monoisotopic (exact) mass is 334 g/mol. The van der Waals surface area contributed by atoms with Crippen molar-refractivity contribution in [2.75, 3.05) is 0 Å². The molecule has 1 N–H and O–H groups in total. The molecule has 4 nitrogen and oxygen atoms in total. The Morgan fingerprint density at radius 3 is 2.92 bits per heavy atom. The number of aliphatic hydroxyl groups is 1. The SMILES string of the molecule is C=C1C(=O)O[C@H]2[C@@H](O)[C@H](C)CCC/C(C)=C/CC[C@@]3(C)O[C@@H]3C[C@@H]12. The number of hydrogen-bond donors (Lipinski definition) is 1. The molecule has 3 rings (SSSR count). The van der Waals surface area contributed by atoms with Crippen LogP contribution in [0.3, 0.4) is 0 Å².